The topological polar surface area (TPSA) is 120 Å². The zero-order valence-corrected chi connectivity index (χ0v) is 27.4. The number of nitrogens with one attached hydrogen (secondary N) is 2. The minimum Gasteiger partial charge on any atom is -0.494 e. The van der Waals surface area contributed by atoms with Crippen LogP contribution in [0, 0.1) is 0 Å². The molecule has 0 unspecified atom stereocenters. The lowest BCUT2D eigenvalue weighted by Crippen LogP contribution is -2.52. The molecule has 2 atom stereocenters. The molecular formula is C38H41N3O7. The van der Waals surface area contributed by atoms with E-state index in [0.717, 1.165) is 22.3 Å². The molecule has 4 aromatic rings. The fraction of sp³-hybridized carbons (Fsp3) is 0.263. The van der Waals surface area contributed by atoms with Crippen molar-refractivity contribution in [1.82, 2.24) is 10.9 Å². The summed E-state index contributed by atoms with van der Waals surface area (Å²) in [5, 5.41) is 9.06. The summed E-state index contributed by atoms with van der Waals surface area (Å²) >= 11 is 0. The summed E-state index contributed by atoms with van der Waals surface area (Å²) in [5.41, 5.74) is 8.95. The number of hydrogen-bond acceptors (Lipinski definition) is 9. The quantitative estimate of drug-likeness (QED) is 0.0791. The highest BCUT2D eigenvalue weighted by atomic mass is 16.5. The van der Waals surface area contributed by atoms with Gasteiger partial charge in [-0.15, -0.1) is 6.58 Å². The van der Waals surface area contributed by atoms with Gasteiger partial charge in [-0.2, -0.15) is 0 Å². The lowest BCUT2D eigenvalue weighted by atomic mass is 9.84. The molecule has 5 rings (SSSR count). The zero-order valence-electron chi connectivity index (χ0n) is 27.4. The van der Waals surface area contributed by atoms with Crippen molar-refractivity contribution in [2.45, 2.75) is 31.0 Å². The third-order valence-electron chi connectivity index (χ3n) is 8.02. The maximum atomic E-state index is 14.2. The predicted molar refractivity (Wildman–Crippen MR) is 185 cm³/mol. The molecule has 1 aliphatic rings. The molecule has 1 amide bonds. The first kappa shape index (κ1) is 34.0. The van der Waals surface area contributed by atoms with Crippen LogP contribution >= 0.6 is 0 Å². The number of aliphatic hydroxyl groups excluding tert-OH is 1. The highest BCUT2D eigenvalue weighted by Gasteiger charge is 2.52. The maximum Gasteiger partial charge on any atom is 0.266 e. The summed E-state index contributed by atoms with van der Waals surface area (Å²) in [7, 11) is 4.65. The molecule has 0 radical (unpaired) electrons. The summed E-state index contributed by atoms with van der Waals surface area (Å²) < 4.78 is 28.6. The second-order valence-corrected chi connectivity index (χ2v) is 11.1. The Hall–Kier alpha value is -5.32. The standard InChI is InChI=1S/C38H41N3O7/c1-5-20-38(37(43)41-39-25-26-23-32(44-2)34(46-4)33(24-26)45-3)35(29-14-12-28(13-15-29)27-10-7-6-8-11-27)48-36(40-38)30-16-18-31(19-17-30)47-22-9-21-42/h5-8,10-19,23-24,35,39,42H,1,9,20-22,25H2,2-4H3,(H,41,43)/t35-,38-/m0/s1. The van der Waals surface area contributed by atoms with Gasteiger partial charge in [0.2, 0.25) is 11.6 Å². The van der Waals surface area contributed by atoms with E-state index in [4.69, 9.17) is 33.8 Å². The van der Waals surface area contributed by atoms with Gasteiger partial charge in [0.25, 0.3) is 5.91 Å². The molecule has 10 nitrogen and oxygen atoms in total. The third-order valence-corrected chi connectivity index (χ3v) is 8.02. The van der Waals surface area contributed by atoms with E-state index in [2.05, 4.69) is 29.6 Å². The van der Waals surface area contributed by atoms with Crippen LogP contribution in [-0.2, 0) is 16.1 Å². The molecule has 0 saturated heterocycles. The number of amides is 1. The molecule has 1 heterocycles. The van der Waals surface area contributed by atoms with Gasteiger partial charge < -0.3 is 28.8 Å². The normalized spacial score (nSPS) is 16.8. The number of ether oxygens (including phenoxy) is 5. The number of hydrogen-bond donors (Lipinski definition) is 3. The minimum atomic E-state index is -1.37. The summed E-state index contributed by atoms with van der Waals surface area (Å²) in [5.74, 6) is 2.09. The van der Waals surface area contributed by atoms with Gasteiger partial charge in [-0.1, -0.05) is 60.7 Å². The van der Waals surface area contributed by atoms with Crippen LogP contribution in [0.2, 0.25) is 0 Å². The van der Waals surface area contributed by atoms with Gasteiger partial charge in [0, 0.05) is 31.6 Å². The van der Waals surface area contributed by atoms with Gasteiger partial charge >= 0.3 is 0 Å². The first-order chi connectivity index (χ1) is 23.5. The van der Waals surface area contributed by atoms with Crippen LogP contribution in [0.4, 0.5) is 0 Å². The van der Waals surface area contributed by atoms with Crippen molar-refractivity contribution in [2.24, 2.45) is 4.99 Å². The molecule has 250 valence electrons. The fourth-order valence-electron chi connectivity index (χ4n) is 5.59. The van der Waals surface area contributed by atoms with E-state index in [1.54, 1.807) is 27.4 Å². The molecule has 10 heteroatoms. The summed E-state index contributed by atoms with van der Waals surface area (Å²) in [6.45, 7) is 4.68. The van der Waals surface area contributed by atoms with Gasteiger partial charge in [-0.25, -0.2) is 10.4 Å². The van der Waals surface area contributed by atoms with Gasteiger partial charge in [0.1, 0.15) is 5.75 Å². The van der Waals surface area contributed by atoms with Crippen molar-refractivity contribution >= 4 is 11.8 Å². The Balaban J connectivity index is 1.44. The maximum absolute atomic E-state index is 14.2. The SMILES string of the molecule is C=CC[C@]1(C(=O)NNCc2cc(OC)c(OC)c(OC)c2)N=C(c2ccc(OCCCO)cc2)O[C@H]1c1ccc(-c2ccccc2)cc1. The number of aliphatic hydroxyl groups is 1. The van der Waals surface area contributed by atoms with Crippen molar-refractivity contribution in [3.8, 4) is 34.1 Å². The Bertz CT molecular complexity index is 1680. The second kappa shape index (κ2) is 16.0. The molecule has 4 aromatic carbocycles. The average Bonchev–Trinajstić information content (AvgIpc) is 3.52. The van der Waals surface area contributed by atoms with E-state index >= 15 is 0 Å². The molecule has 0 saturated carbocycles. The van der Waals surface area contributed by atoms with E-state index in [9.17, 15) is 4.79 Å². The van der Waals surface area contributed by atoms with Crippen molar-refractivity contribution in [3.63, 3.8) is 0 Å². The Morgan fingerprint density at radius 3 is 2.17 bits per heavy atom. The third kappa shape index (κ3) is 7.46. The number of hydrazine groups is 1. The summed E-state index contributed by atoms with van der Waals surface area (Å²) in [6.07, 6.45) is 1.67. The van der Waals surface area contributed by atoms with Gasteiger partial charge in [0.05, 0.1) is 27.9 Å². The monoisotopic (exact) mass is 651 g/mol. The number of benzene rings is 4. The number of aliphatic imine (C=N–C) groups is 1. The summed E-state index contributed by atoms with van der Waals surface area (Å²) in [6, 6.07) is 29.0. The lowest BCUT2D eigenvalue weighted by molar-refractivity contribution is -0.129. The van der Waals surface area contributed by atoms with E-state index < -0.39 is 11.6 Å². The number of carbonyl (C=O) groups excluding carboxylic acids is 1. The molecule has 0 bridgehead atoms. The van der Waals surface area contributed by atoms with Crippen LogP contribution in [0.3, 0.4) is 0 Å². The van der Waals surface area contributed by atoms with Gasteiger partial charge in [-0.3, -0.25) is 10.2 Å². The lowest BCUT2D eigenvalue weighted by Gasteiger charge is -2.30. The predicted octanol–water partition coefficient (Wildman–Crippen LogP) is 5.79. The average molecular weight is 652 g/mol. The number of carbonyl (C=O) groups is 1. The highest BCUT2D eigenvalue weighted by Crippen LogP contribution is 2.43. The van der Waals surface area contributed by atoms with E-state index in [0.29, 0.717) is 47.5 Å². The molecule has 0 aliphatic carbocycles. The number of rotatable bonds is 16. The zero-order chi connectivity index (χ0) is 33.9. The van der Waals surface area contributed by atoms with E-state index in [-0.39, 0.29) is 25.5 Å². The van der Waals surface area contributed by atoms with Crippen LogP contribution in [0.1, 0.15) is 35.6 Å². The van der Waals surface area contributed by atoms with Crippen LogP contribution in [-0.4, -0.2) is 57.0 Å². The first-order valence-electron chi connectivity index (χ1n) is 15.6. The van der Waals surface area contributed by atoms with E-state index in [1.165, 1.54) is 0 Å². The molecule has 1 aliphatic heterocycles. The summed E-state index contributed by atoms with van der Waals surface area (Å²) in [4.78, 5) is 19.2. The Morgan fingerprint density at radius 2 is 1.56 bits per heavy atom. The van der Waals surface area contributed by atoms with Crippen molar-refractivity contribution < 1.29 is 33.6 Å². The molecule has 0 aromatic heterocycles. The fourth-order valence-corrected chi connectivity index (χ4v) is 5.59. The highest BCUT2D eigenvalue weighted by molar-refractivity contribution is 6.01. The Labute approximate surface area is 281 Å². The Kier molecular flexibility index (Phi) is 11.3. The molecule has 0 spiro atoms. The van der Waals surface area contributed by atoms with Crippen LogP contribution in [0.5, 0.6) is 23.0 Å². The largest absolute Gasteiger partial charge is 0.494 e. The molecule has 0 fully saturated rings. The van der Waals surface area contributed by atoms with Crippen molar-refractivity contribution in [3.05, 3.63) is 120 Å². The van der Waals surface area contributed by atoms with Crippen molar-refractivity contribution in [1.29, 1.82) is 0 Å². The Morgan fingerprint density at radius 1 is 0.917 bits per heavy atom. The molecular weight excluding hydrogens is 610 g/mol. The van der Waals surface area contributed by atoms with Gasteiger partial charge in [-0.05, 0) is 58.7 Å². The van der Waals surface area contributed by atoms with Crippen molar-refractivity contribution in [2.75, 3.05) is 34.5 Å². The van der Waals surface area contributed by atoms with Gasteiger partial charge in [0.15, 0.2) is 23.1 Å². The molecule has 48 heavy (non-hydrogen) atoms. The van der Waals surface area contributed by atoms with Crippen LogP contribution in [0.25, 0.3) is 11.1 Å². The molecule has 3 N–H and O–H groups in total. The van der Waals surface area contributed by atoms with Crippen LogP contribution in [0.15, 0.2) is 109 Å². The van der Waals surface area contributed by atoms with Crippen LogP contribution < -0.4 is 29.8 Å². The smallest absolute Gasteiger partial charge is 0.266 e. The number of methoxy groups -OCH3 is 3. The first-order valence-corrected chi connectivity index (χ1v) is 15.6. The second-order valence-electron chi connectivity index (χ2n) is 11.1. The minimum absolute atomic E-state index is 0.0568. The van der Waals surface area contributed by atoms with E-state index in [1.807, 2.05) is 78.9 Å². The number of nitrogens with zero attached hydrogens (tertiary/aromatic N) is 1.